The zero-order valence-corrected chi connectivity index (χ0v) is 14.3. The molecule has 0 saturated carbocycles. The van der Waals surface area contributed by atoms with Crippen molar-refractivity contribution < 1.29 is 14.1 Å². The molecule has 122 valence electrons. The minimum absolute atomic E-state index is 0.131. The third-order valence-electron chi connectivity index (χ3n) is 3.40. The number of aromatic nitrogens is 2. The van der Waals surface area contributed by atoms with E-state index >= 15 is 0 Å². The smallest absolute Gasteiger partial charge is 0.268 e. The van der Waals surface area contributed by atoms with Crippen LogP contribution in [0, 0.1) is 0 Å². The highest BCUT2D eigenvalue weighted by atomic mass is 32.2. The Morgan fingerprint density at radius 2 is 2.39 bits per heavy atom. The first-order valence-corrected chi connectivity index (χ1v) is 8.91. The lowest BCUT2D eigenvalue weighted by atomic mass is 10.1. The van der Waals surface area contributed by atoms with Gasteiger partial charge in [0.25, 0.3) is 5.89 Å². The molecule has 23 heavy (non-hydrogen) atoms. The van der Waals surface area contributed by atoms with E-state index in [1.54, 1.807) is 0 Å². The Kier molecular flexibility index (Phi) is 4.40. The maximum Gasteiger partial charge on any atom is 0.268 e. The van der Waals surface area contributed by atoms with Crippen molar-refractivity contribution in [1.82, 2.24) is 20.8 Å². The largest absolute Gasteiger partial charge is 0.347 e. The number of thiophene rings is 1. The Bertz CT molecular complexity index is 711. The summed E-state index contributed by atoms with van der Waals surface area (Å²) < 4.78 is 4.66. The molecule has 0 spiro atoms. The summed E-state index contributed by atoms with van der Waals surface area (Å²) in [4.78, 5) is 29.1. The normalized spacial score (nSPS) is 20.1. The van der Waals surface area contributed by atoms with Gasteiger partial charge in [0.2, 0.25) is 11.8 Å². The lowest BCUT2D eigenvalue weighted by Crippen LogP contribution is -2.57. The number of nitrogens with zero attached hydrogens (tertiary/aromatic N) is 2. The molecule has 1 aliphatic rings. The average Bonchev–Trinajstić information content (AvgIpc) is 3.18. The first-order chi connectivity index (χ1) is 11.0. The minimum atomic E-state index is -0.538. The second-order valence-corrected chi connectivity index (χ2v) is 8.15. The van der Waals surface area contributed by atoms with Crippen LogP contribution in [0.3, 0.4) is 0 Å². The van der Waals surface area contributed by atoms with Crippen LogP contribution in [0.1, 0.15) is 19.7 Å². The number of amides is 2. The fourth-order valence-electron chi connectivity index (χ4n) is 1.99. The molecular formula is C14H16N4O3S2. The predicted molar refractivity (Wildman–Crippen MR) is 87.9 cm³/mol. The molecule has 3 heterocycles. The highest BCUT2D eigenvalue weighted by Gasteiger charge is 2.37. The number of carbonyl (C=O) groups is 2. The summed E-state index contributed by atoms with van der Waals surface area (Å²) in [6.07, 6.45) is 0. The van der Waals surface area contributed by atoms with Gasteiger partial charge in [-0.25, -0.2) is 0 Å². The molecule has 7 nitrogen and oxygen atoms in total. The monoisotopic (exact) mass is 352 g/mol. The molecule has 2 amide bonds. The molecule has 1 fully saturated rings. The summed E-state index contributed by atoms with van der Waals surface area (Å²) in [7, 11) is 0. The molecule has 1 saturated heterocycles. The number of thioether (sulfide) groups is 1. The van der Waals surface area contributed by atoms with Crippen LogP contribution in [-0.2, 0) is 16.1 Å². The SMILES string of the molecule is CC1(C)SCC(C(=O)NCc2noc(-c3cccs3)n2)NC1=O. The zero-order chi connectivity index (χ0) is 16.4. The molecule has 0 aromatic carbocycles. The number of nitrogens with one attached hydrogen (secondary N) is 2. The third-order valence-corrected chi connectivity index (χ3v) is 5.67. The summed E-state index contributed by atoms with van der Waals surface area (Å²) in [5, 5.41) is 11.2. The lowest BCUT2D eigenvalue weighted by Gasteiger charge is -2.32. The van der Waals surface area contributed by atoms with Crippen molar-refractivity contribution in [3.8, 4) is 10.8 Å². The summed E-state index contributed by atoms with van der Waals surface area (Å²) in [6, 6.07) is 3.25. The number of hydrogen-bond donors (Lipinski definition) is 2. The molecule has 0 bridgehead atoms. The summed E-state index contributed by atoms with van der Waals surface area (Å²) in [5.41, 5.74) is 0. The van der Waals surface area contributed by atoms with Crippen LogP contribution in [0.2, 0.25) is 0 Å². The van der Waals surface area contributed by atoms with Gasteiger partial charge in [0.1, 0.15) is 6.04 Å². The van der Waals surface area contributed by atoms with Gasteiger partial charge >= 0.3 is 0 Å². The second-order valence-electron chi connectivity index (χ2n) is 5.56. The van der Waals surface area contributed by atoms with E-state index in [1.807, 2.05) is 31.4 Å². The Morgan fingerprint density at radius 3 is 3.09 bits per heavy atom. The quantitative estimate of drug-likeness (QED) is 0.864. The fraction of sp³-hybridized carbons (Fsp3) is 0.429. The van der Waals surface area contributed by atoms with Gasteiger partial charge in [-0.15, -0.1) is 23.1 Å². The molecule has 1 unspecified atom stereocenters. The van der Waals surface area contributed by atoms with Crippen LogP contribution in [0.4, 0.5) is 0 Å². The molecule has 1 atom stereocenters. The summed E-state index contributed by atoms with van der Waals surface area (Å²) >= 11 is 2.97. The molecule has 2 aromatic heterocycles. The standard InChI is InChI=1S/C14H16N4O3S2/c1-14(2)13(20)16-8(7-23-14)11(19)15-6-10-17-12(21-18-10)9-4-3-5-22-9/h3-5,8H,6-7H2,1-2H3,(H,15,19)(H,16,20). The Hall–Kier alpha value is -1.87. The summed E-state index contributed by atoms with van der Waals surface area (Å²) in [5.74, 6) is 0.999. The van der Waals surface area contributed by atoms with Crippen molar-refractivity contribution in [2.24, 2.45) is 0 Å². The molecule has 2 aromatic rings. The van der Waals surface area contributed by atoms with Gasteiger partial charge in [0, 0.05) is 5.75 Å². The zero-order valence-electron chi connectivity index (χ0n) is 12.7. The van der Waals surface area contributed by atoms with Crippen molar-refractivity contribution in [3.63, 3.8) is 0 Å². The third kappa shape index (κ3) is 3.56. The molecule has 2 N–H and O–H groups in total. The van der Waals surface area contributed by atoms with E-state index in [1.165, 1.54) is 23.1 Å². The number of carbonyl (C=O) groups excluding carboxylic acids is 2. The van der Waals surface area contributed by atoms with Gasteiger partial charge in [0.15, 0.2) is 5.82 Å². The first kappa shape index (κ1) is 16.0. The average molecular weight is 352 g/mol. The molecule has 1 aliphatic heterocycles. The van der Waals surface area contributed by atoms with Gasteiger partial charge in [-0.2, -0.15) is 4.98 Å². The van der Waals surface area contributed by atoms with Crippen molar-refractivity contribution >= 4 is 34.9 Å². The Morgan fingerprint density at radius 1 is 1.57 bits per heavy atom. The molecule has 0 aliphatic carbocycles. The van der Waals surface area contributed by atoms with Gasteiger partial charge < -0.3 is 15.2 Å². The van der Waals surface area contributed by atoms with E-state index in [0.717, 1.165) is 4.88 Å². The lowest BCUT2D eigenvalue weighted by molar-refractivity contribution is -0.129. The summed E-state index contributed by atoms with van der Waals surface area (Å²) in [6.45, 7) is 3.84. The van der Waals surface area contributed by atoms with E-state index in [9.17, 15) is 9.59 Å². The maximum absolute atomic E-state index is 12.1. The predicted octanol–water partition coefficient (Wildman–Crippen LogP) is 1.42. The first-order valence-electron chi connectivity index (χ1n) is 7.05. The highest BCUT2D eigenvalue weighted by Crippen LogP contribution is 2.29. The maximum atomic E-state index is 12.1. The van der Waals surface area contributed by atoms with Crippen LogP contribution in [0.15, 0.2) is 22.0 Å². The van der Waals surface area contributed by atoms with Gasteiger partial charge in [-0.05, 0) is 25.3 Å². The van der Waals surface area contributed by atoms with Crippen LogP contribution >= 0.6 is 23.1 Å². The van der Waals surface area contributed by atoms with Crippen molar-refractivity contribution in [1.29, 1.82) is 0 Å². The van der Waals surface area contributed by atoms with E-state index < -0.39 is 10.8 Å². The van der Waals surface area contributed by atoms with Crippen molar-refractivity contribution in [2.45, 2.75) is 31.2 Å². The molecule has 3 rings (SSSR count). The van der Waals surface area contributed by atoms with Gasteiger partial charge in [-0.3, -0.25) is 9.59 Å². The van der Waals surface area contributed by atoms with Crippen molar-refractivity contribution in [2.75, 3.05) is 5.75 Å². The van der Waals surface area contributed by atoms with Crippen LogP contribution < -0.4 is 10.6 Å². The Balaban J connectivity index is 1.55. The fourth-order valence-corrected chi connectivity index (χ4v) is 3.64. The van der Waals surface area contributed by atoms with E-state index in [2.05, 4.69) is 20.8 Å². The second kappa shape index (κ2) is 6.32. The molecule has 9 heteroatoms. The van der Waals surface area contributed by atoms with E-state index in [4.69, 9.17) is 4.52 Å². The van der Waals surface area contributed by atoms with Crippen LogP contribution in [-0.4, -0.2) is 38.5 Å². The van der Waals surface area contributed by atoms with Gasteiger partial charge in [0.05, 0.1) is 16.2 Å². The van der Waals surface area contributed by atoms with E-state index in [-0.39, 0.29) is 18.4 Å². The van der Waals surface area contributed by atoms with Crippen LogP contribution in [0.5, 0.6) is 0 Å². The Labute approximate surface area is 141 Å². The number of rotatable bonds is 4. The highest BCUT2D eigenvalue weighted by molar-refractivity contribution is 8.01. The van der Waals surface area contributed by atoms with Gasteiger partial charge in [-0.1, -0.05) is 11.2 Å². The topological polar surface area (TPSA) is 97.1 Å². The van der Waals surface area contributed by atoms with Crippen LogP contribution in [0.25, 0.3) is 10.8 Å². The molecular weight excluding hydrogens is 336 g/mol. The van der Waals surface area contributed by atoms with E-state index in [0.29, 0.717) is 17.5 Å². The number of hydrogen-bond acceptors (Lipinski definition) is 7. The van der Waals surface area contributed by atoms with Crippen molar-refractivity contribution in [3.05, 3.63) is 23.3 Å². The minimum Gasteiger partial charge on any atom is -0.347 e. The molecule has 0 radical (unpaired) electrons.